The second-order valence-corrected chi connectivity index (χ2v) is 9.24. The topological polar surface area (TPSA) is 89.7 Å². The van der Waals surface area contributed by atoms with E-state index in [0.29, 0.717) is 61.7 Å². The zero-order valence-electron chi connectivity index (χ0n) is 20.1. The fraction of sp³-hybridized carbons (Fsp3) is 0.462. The van der Waals surface area contributed by atoms with Crippen molar-refractivity contribution in [3.05, 3.63) is 58.6 Å². The SMILES string of the molecule is CCCC(=O)N1CCN(C(=O)c2cn(CC3CCCO3)cc3c(=O)n(-c4ccccc4)nc2-3)CC1. The molecule has 4 aliphatic heterocycles. The molecule has 5 rings (SSSR count). The van der Waals surface area contributed by atoms with Crippen LogP contribution in [0.5, 0.6) is 0 Å². The standard InChI is InChI=1S/C26H31N5O4/c1-2-7-23(32)29-11-13-30(14-12-29)25(33)21-17-28(16-20-10-6-15-35-20)18-22-24(21)27-31(26(22)34)19-8-4-3-5-9-19/h3-5,8-9,17-18,20H,2,6-7,10-16H2,1H3. The molecule has 184 valence electrons. The van der Waals surface area contributed by atoms with E-state index in [1.165, 1.54) is 4.68 Å². The second kappa shape index (κ2) is 10.0. The number of pyridine rings is 1. The van der Waals surface area contributed by atoms with Gasteiger partial charge in [-0.1, -0.05) is 25.1 Å². The van der Waals surface area contributed by atoms with Gasteiger partial charge >= 0.3 is 0 Å². The van der Waals surface area contributed by atoms with Gasteiger partial charge in [0.05, 0.1) is 22.9 Å². The third kappa shape index (κ3) is 4.73. The molecule has 2 fully saturated rings. The average molecular weight is 478 g/mol. The minimum atomic E-state index is -0.253. The van der Waals surface area contributed by atoms with Gasteiger partial charge in [0.2, 0.25) is 5.91 Å². The molecular weight excluding hydrogens is 446 g/mol. The zero-order chi connectivity index (χ0) is 24.4. The quantitative estimate of drug-likeness (QED) is 0.544. The van der Waals surface area contributed by atoms with Crippen LogP contribution in [0, 0.1) is 0 Å². The summed E-state index contributed by atoms with van der Waals surface area (Å²) >= 11 is 0. The van der Waals surface area contributed by atoms with Crippen molar-refractivity contribution in [2.75, 3.05) is 32.8 Å². The Hall–Kier alpha value is -3.46. The molecule has 4 aliphatic rings. The lowest BCUT2D eigenvalue weighted by molar-refractivity contribution is -0.132. The third-order valence-electron chi connectivity index (χ3n) is 6.78. The smallest absolute Gasteiger partial charge is 0.282 e. The molecule has 9 nitrogen and oxygen atoms in total. The molecule has 0 bridgehead atoms. The van der Waals surface area contributed by atoms with Crippen molar-refractivity contribution in [1.82, 2.24) is 24.1 Å². The van der Waals surface area contributed by atoms with Crippen molar-refractivity contribution in [2.24, 2.45) is 0 Å². The van der Waals surface area contributed by atoms with Crippen LogP contribution in [0.15, 0.2) is 47.5 Å². The number of hydrogen-bond donors (Lipinski definition) is 0. The first-order valence-corrected chi connectivity index (χ1v) is 12.4. The van der Waals surface area contributed by atoms with Gasteiger partial charge in [-0.05, 0) is 31.4 Å². The van der Waals surface area contributed by atoms with Gasteiger partial charge in [-0.3, -0.25) is 14.4 Å². The normalized spacial score (nSPS) is 18.4. The van der Waals surface area contributed by atoms with Gasteiger partial charge in [0.1, 0.15) is 5.69 Å². The van der Waals surface area contributed by atoms with Gasteiger partial charge in [0.25, 0.3) is 11.5 Å². The number of rotatable bonds is 6. The molecule has 0 aliphatic carbocycles. The predicted molar refractivity (Wildman–Crippen MR) is 131 cm³/mol. The summed E-state index contributed by atoms with van der Waals surface area (Å²) < 4.78 is 9.05. The first-order valence-electron chi connectivity index (χ1n) is 12.4. The maximum atomic E-state index is 13.7. The molecule has 2 amide bonds. The summed E-state index contributed by atoms with van der Waals surface area (Å²) in [6.45, 7) is 5.25. The first-order chi connectivity index (χ1) is 17.0. The fourth-order valence-electron chi connectivity index (χ4n) is 4.89. The van der Waals surface area contributed by atoms with Crippen molar-refractivity contribution < 1.29 is 14.3 Å². The van der Waals surface area contributed by atoms with Crippen molar-refractivity contribution >= 4 is 11.8 Å². The molecule has 0 N–H and O–H groups in total. The summed E-state index contributed by atoms with van der Waals surface area (Å²) in [5.41, 5.74) is 1.62. The molecule has 0 radical (unpaired) electrons. The minimum Gasteiger partial charge on any atom is -0.376 e. The van der Waals surface area contributed by atoms with E-state index in [0.717, 1.165) is 25.9 Å². The highest BCUT2D eigenvalue weighted by Gasteiger charge is 2.30. The number of benzene rings is 1. The molecule has 0 spiro atoms. The van der Waals surface area contributed by atoms with E-state index in [1.54, 1.807) is 17.3 Å². The highest BCUT2D eigenvalue weighted by molar-refractivity contribution is 6.00. The van der Waals surface area contributed by atoms with Crippen LogP contribution in [0.25, 0.3) is 16.9 Å². The molecule has 9 heteroatoms. The van der Waals surface area contributed by atoms with Gasteiger partial charge < -0.3 is 19.1 Å². The van der Waals surface area contributed by atoms with Crippen molar-refractivity contribution in [1.29, 1.82) is 0 Å². The van der Waals surface area contributed by atoms with Crippen molar-refractivity contribution in [3.8, 4) is 16.9 Å². The van der Waals surface area contributed by atoms with Gasteiger partial charge in [-0.25, -0.2) is 0 Å². The predicted octanol–water partition coefficient (Wildman–Crippen LogP) is 2.40. The van der Waals surface area contributed by atoms with E-state index in [1.807, 2.05) is 46.7 Å². The maximum absolute atomic E-state index is 13.7. The summed E-state index contributed by atoms with van der Waals surface area (Å²) in [5, 5.41) is 4.59. The van der Waals surface area contributed by atoms with Crippen LogP contribution in [-0.2, 0) is 16.1 Å². The number of carbonyl (C=O) groups excluding carboxylic acids is 2. The number of carbonyl (C=O) groups is 2. The van der Waals surface area contributed by atoms with Gasteiger partial charge in [0, 0.05) is 58.1 Å². The average Bonchev–Trinajstić information content (AvgIpc) is 3.52. The van der Waals surface area contributed by atoms with Crippen LogP contribution in [0.1, 0.15) is 43.0 Å². The molecule has 35 heavy (non-hydrogen) atoms. The zero-order valence-corrected chi connectivity index (χ0v) is 20.1. The summed E-state index contributed by atoms with van der Waals surface area (Å²) in [7, 11) is 0. The molecule has 1 atom stereocenters. The molecule has 0 aromatic heterocycles. The Labute approximate surface area is 204 Å². The summed E-state index contributed by atoms with van der Waals surface area (Å²) in [6, 6.07) is 9.23. The molecule has 1 aromatic rings. The highest BCUT2D eigenvalue weighted by Crippen LogP contribution is 2.25. The summed E-state index contributed by atoms with van der Waals surface area (Å²) in [4.78, 5) is 42.9. The van der Waals surface area contributed by atoms with E-state index in [-0.39, 0.29) is 23.5 Å². The lowest BCUT2D eigenvalue weighted by atomic mass is 10.1. The van der Waals surface area contributed by atoms with E-state index in [9.17, 15) is 14.4 Å². The number of para-hydroxylation sites is 1. The molecular formula is C26H31N5O4. The van der Waals surface area contributed by atoms with Crippen LogP contribution in [0.3, 0.4) is 0 Å². The number of nitrogens with zero attached hydrogens (tertiary/aromatic N) is 5. The molecule has 0 saturated carbocycles. The van der Waals surface area contributed by atoms with E-state index in [2.05, 4.69) is 5.10 Å². The second-order valence-electron chi connectivity index (χ2n) is 9.24. The van der Waals surface area contributed by atoms with Crippen LogP contribution in [-0.4, -0.2) is 74.9 Å². The van der Waals surface area contributed by atoms with Crippen LogP contribution in [0.4, 0.5) is 0 Å². The fourth-order valence-corrected chi connectivity index (χ4v) is 4.89. The number of ether oxygens (including phenoxy) is 1. The Morgan fingerprint density at radius 3 is 2.49 bits per heavy atom. The summed E-state index contributed by atoms with van der Waals surface area (Å²) in [6.07, 6.45) is 6.94. The Balaban J connectivity index is 1.48. The van der Waals surface area contributed by atoms with Gasteiger partial charge in [0.15, 0.2) is 0 Å². The van der Waals surface area contributed by atoms with Crippen LogP contribution < -0.4 is 5.56 Å². The first kappa shape index (κ1) is 23.3. The van der Waals surface area contributed by atoms with E-state index < -0.39 is 0 Å². The minimum absolute atomic E-state index is 0.0628. The van der Waals surface area contributed by atoms with E-state index in [4.69, 9.17) is 4.74 Å². The highest BCUT2D eigenvalue weighted by atomic mass is 16.5. The molecule has 1 aromatic carbocycles. The number of hydrogen-bond acceptors (Lipinski definition) is 5. The maximum Gasteiger partial charge on any atom is 0.282 e. The Kier molecular flexibility index (Phi) is 6.68. The lowest BCUT2D eigenvalue weighted by Gasteiger charge is -2.35. The number of amides is 2. The largest absolute Gasteiger partial charge is 0.376 e. The summed E-state index contributed by atoms with van der Waals surface area (Å²) in [5.74, 6) is -0.0364. The Morgan fingerprint density at radius 2 is 1.80 bits per heavy atom. The molecule has 2 saturated heterocycles. The van der Waals surface area contributed by atoms with Gasteiger partial charge in [-0.2, -0.15) is 9.78 Å². The van der Waals surface area contributed by atoms with Crippen LogP contribution >= 0.6 is 0 Å². The monoisotopic (exact) mass is 477 g/mol. The number of piperazine rings is 1. The van der Waals surface area contributed by atoms with Crippen molar-refractivity contribution in [2.45, 2.75) is 45.3 Å². The van der Waals surface area contributed by atoms with E-state index >= 15 is 0 Å². The van der Waals surface area contributed by atoms with Crippen molar-refractivity contribution in [3.63, 3.8) is 0 Å². The molecule has 1 unspecified atom stereocenters. The lowest BCUT2D eigenvalue weighted by Crippen LogP contribution is -2.50. The van der Waals surface area contributed by atoms with Gasteiger partial charge in [-0.15, -0.1) is 0 Å². The molecule has 4 heterocycles. The number of fused-ring (bicyclic) bond motifs is 1. The Bertz CT molecular complexity index is 1220. The van der Waals surface area contributed by atoms with Crippen LogP contribution in [0.2, 0.25) is 0 Å². The Morgan fingerprint density at radius 1 is 1.06 bits per heavy atom. The number of aromatic nitrogens is 3. The third-order valence-corrected chi connectivity index (χ3v) is 6.78.